The maximum atomic E-state index is 8.98. The second-order valence-corrected chi connectivity index (χ2v) is 5.89. The predicted octanol–water partition coefficient (Wildman–Crippen LogP) is 2.89. The molecule has 7 nitrogen and oxygen atoms in total. The van der Waals surface area contributed by atoms with Crippen molar-refractivity contribution in [1.82, 2.24) is 0 Å². The number of methoxy groups -OCH3 is 5. The van der Waals surface area contributed by atoms with Crippen molar-refractivity contribution in [2.24, 2.45) is 0 Å². The number of hydrogen-bond acceptors (Lipinski definition) is 7. The fourth-order valence-corrected chi connectivity index (χ4v) is 3.03. The number of rotatable bonds is 11. The summed E-state index contributed by atoms with van der Waals surface area (Å²) in [5, 5.41) is 8.98. The van der Waals surface area contributed by atoms with Crippen LogP contribution in [0, 0.1) is 0 Å². The Morgan fingerprint density at radius 2 is 1.29 bits per heavy atom. The van der Waals surface area contributed by atoms with Crippen molar-refractivity contribution in [3.8, 4) is 34.5 Å². The molecule has 0 amide bonds. The molecule has 0 fully saturated rings. The molecule has 2 aromatic carbocycles. The van der Waals surface area contributed by atoms with E-state index in [0.29, 0.717) is 40.9 Å². The number of aliphatic hydroxyl groups is 1. The summed E-state index contributed by atoms with van der Waals surface area (Å²) in [6.07, 6.45) is 1.44. The van der Waals surface area contributed by atoms with E-state index in [9.17, 15) is 0 Å². The van der Waals surface area contributed by atoms with Gasteiger partial charge >= 0.3 is 0 Å². The lowest BCUT2D eigenvalue weighted by Gasteiger charge is -2.17. The molecule has 1 N–H and O–H groups in total. The molecule has 2 rings (SSSR count). The Kier molecular flexibility index (Phi) is 8.07. The monoisotopic (exact) mass is 392 g/mol. The van der Waals surface area contributed by atoms with Crippen molar-refractivity contribution < 1.29 is 33.5 Å². The molecule has 0 saturated heterocycles. The Morgan fingerprint density at radius 1 is 0.679 bits per heavy atom. The number of ether oxygens (including phenoxy) is 6. The molecule has 0 radical (unpaired) electrons. The predicted molar refractivity (Wildman–Crippen MR) is 106 cm³/mol. The molecule has 0 aliphatic heterocycles. The molecular formula is C21H28O7. The van der Waals surface area contributed by atoms with Gasteiger partial charge in [-0.2, -0.15) is 0 Å². The standard InChI is InChI=1S/C21H28O7/c1-23-17-12-14(13-18(24-2)20(17)26-4)6-7-15-8-9-16(28-11-10-22)21(27-5)19(15)25-3/h8-9,12-13,22H,6-7,10-11H2,1-5H3. The van der Waals surface area contributed by atoms with Crippen molar-refractivity contribution in [2.45, 2.75) is 12.8 Å². The number of aliphatic hydroxyl groups excluding tert-OH is 1. The van der Waals surface area contributed by atoms with Crippen LogP contribution in [0.15, 0.2) is 24.3 Å². The van der Waals surface area contributed by atoms with E-state index < -0.39 is 0 Å². The van der Waals surface area contributed by atoms with Gasteiger partial charge in [0.25, 0.3) is 0 Å². The number of benzene rings is 2. The second-order valence-electron chi connectivity index (χ2n) is 5.89. The van der Waals surface area contributed by atoms with Gasteiger partial charge in [-0.15, -0.1) is 0 Å². The molecule has 0 unspecified atom stereocenters. The highest BCUT2D eigenvalue weighted by Crippen LogP contribution is 2.41. The normalized spacial score (nSPS) is 10.4. The van der Waals surface area contributed by atoms with E-state index >= 15 is 0 Å². The highest BCUT2D eigenvalue weighted by atomic mass is 16.5. The van der Waals surface area contributed by atoms with E-state index in [1.165, 1.54) is 0 Å². The molecular weight excluding hydrogens is 364 g/mol. The Bertz CT molecular complexity index is 749. The molecule has 0 heterocycles. The average Bonchev–Trinajstić information content (AvgIpc) is 2.74. The van der Waals surface area contributed by atoms with Crippen LogP contribution < -0.4 is 28.4 Å². The van der Waals surface area contributed by atoms with Gasteiger partial charge in [-0.25, -0.2) is 0 Å². The van der Waals surface area contributed by atoms with Crippen LogP contribution in [-0.4, -0.2) is 53.9 Å². The summed E-state index contributed by atoms with van der Waals surface area (Å²) in [6.45, 7) is 0.110. The van der Waals surface area contributed by atoms with Gasteiger partial charge < -0.3 is 33.5 Å². The first-order valence-electron chi connectivity index (χ1n) is 8.89. The van der Waals surface area contributed by atoms with Gasteiger partial charge in [0.15, 0.2) is 23.0 Å². The summed E-state index contributed by atoms with van der Waals surface area (Å²) in [4.78, 5) is 0. The molecule has 0 aliphatic rings. The van der Waals surface area contributed by atoms with Crippen LogP contribution >= 0.6 is 0 Å². The number of aryl methyl sites for hydroxylation is 2. The molecule has 7 heteroatoms. The zero-order valence-corrected chi connectivity index (χ0v) is 17.0. The molecule has 2 aromatic rings. The zero-order valence-electron chi connectivity index (χ0n) is 17.0. The van der Waals surface area contributed by atoms with Crippen molar-refractivity contribution in [1.29, 1.82) is 0 Å². The minimum atomic E-state index is -0.0750. The van der Waals surface area contributed by atoms with Crippen LogP contribution in [-0.2, 0) is 12.8 Å². The van der Waals surface area contributed by atoms with Crippen molar-refractivity contribution in [3.63, 3.8) is 0 Å². The summed E-state index contributed by atoms with van der Waals surface area (Å²) < 4.78 is 32.8. The summed E-state index contributed by atoms with van der Waals surface area (Å²) in [5.41, 5.74) is 2.01. The van der Waals surface area contributed by atoms with Gasteiger partial charge in [0.1, 0.15) is 6.61 Å². The van der Waals surface area contributed by atoms with Crippen LogP contribution in [0.3, 0.4) is 0 Å². The molecule has 28 heavy (non-hydrogen) atoms. The molecule has 0 aliphatic carbocycles. The van der Waals surface area contributed by atoms with E-state index in [-0.39, 0.29) is 13.2 Å². The SMILES string of the molecule is COc1cc(CCc2ccc(OCCO)c(OC)c2OC)cc(OC)c1OC. The molecule has 154 valence electrons. The second kappa shape index (κ2) is 10.5. The summed E-state index contributed by atoms with van der Waals surface area (Å²) >= 11 is 0. The molecule has 0 spiro atoms. The van der Waals surface area contributed by atoms with E-state index in [0.717, 1.165) is 17.5 Å². The maximum absolute atomic E-state index is 8.98. The molecule has 0 bridgehead atoms. The fourth-order valence-electron chi connectivity index (χ4n) is 3.03. The van der Waals surface area contributed by atoms with Gasteiger partial charge in [-0.05, 0) is 42.2 Å². The third-order valence-electron chi connectivity index (χ3n) is 4.32. The van der Waals surface area contributed by atoms with Crippen LogP contribution in [0.2, 0.25) is 0 Å². The zero-order chi connectivity index (χ0) is 20.5. The van der Waals surface area contributed by atoms with Gasteiger partial charge in [0.2, 0.25) is 11.5 Å². The lowest BCUT2D eigenvalue weighted by molar-refractivity contribution is 0.195. The van der Waals surface area contributed by atoms with Crippen molar-refractivity contribution >= 4 is 0 Å². The highest BCUT2D eigenvalue weighted by molar-refractivity contribution is 5.57. The smallest absolute Gasteiger partial charge is 0.203 e. The Morgan fingerprint density at radius 3 is 1.79 bits per heavy atom. The van der Waals surface area contributed by atoms with Gasteiger partial charge in [0, 0.05) is 0 Å². The van der Waals surface area contributed by atoms with Gasteiger partial charge in [0.05, 0.1) is 42.2 Å². The third kappa shape index (κ3) is 4.72. The first-order chi connectivity index (χ1) is 13.6. The third-order valence-corrected chi connectivity index (χ3v) is 4.32. The quantitative estimate of drug-likeness (QED) is 0.630. The molecule has 0 aromatic heterocycles. The first kappa shape index (κ1) is 21.5. The minimum absolute atomic E-state index is 0.0750. The van der Waals surface area contributed by atoms with Crippen LogP contribution in [0.25, 0.3) is 0 Å². The van der Waals surface area contributed by atoms with E-state index in [2.05, 4.69) is 0 Å². The van der Waals surface area contributed by atoms with Crippen molar-refractivity contribution in [2.75, 3.05) is 48.8 Å². The molecule has 0 saturated carbocycles. The summed E-state index contributed by atoms with van der Waals surface area (Å²) in [7, 11) is 7.93. The maximum Gasteiger partial charge on any atom is 0.203 e. The lowest BCUT2D eigenvalue weighted by Crippen LogP contribution is -2.05. The van der Waals surface area contributed by atoms with Crippen LogP contribution in [0.4, 0.5) is 0 Å². The van der Waals surface area contributed by atoms with Crippen LogP contribution in [0.5, 0.6) is 34.5 Å². The first-order valence-corrected chi connectivity index (χ1v) is 8.89. The minimum Gasteiger partial charge on any atom is -0.493 e. The highest BCUT2D eigenvalue weighted by Gasteiger charge is 2.17. The van der Waals surface area contributed by atoms with Crippen LogP contribution in [0.1, 0.15) is 11.1 Å². The lowest BCUT2D eigenvalue weighted by atomic mass is 10.0. The molecule has 0 atom stereocenters. The number of hydrogen-bond donors (Lipinski definition) is 1. The summed E-state index contributed by atoms with van der Waals surface area (Å²) in [6, 6.07) is 7.63. The topological polar surface area (TPSA) is 75.6 Å². The average molecular weight is 392 g/mol. The Hall–Kier alpha value is -2.80. The van der Waals surface area contributed by atoms with Gasteiger partial charge in [-0.1, -0.05) is 6.07 Å². The van der Waals surface area contributed by atoms with Gasteiger partial charge in [-0.3, -0.25) is 0 Å². The van der Waals surface area contributed by atoms with E-state index in [1.54, 1.807) is 35.5 Å². The Labute approximate surface area is 165 Å². The Balaban J connectivity index is 2.29. The van der Waals surface area contributed by atoms with E-state index in [4.69, 9.17) is 33.5 Å². The largest absolute Gasteiger partial charge is 0.493 e. The van der Waals surface area contributed by atoms with Crippen molar-refractivity contribution in [3.05, 3.63) is 35.4 Å². The van der Waals surface area contributed by atoms with E-state index in [1.807, 2.05) is 24.3 Å². The summed E-state index contributed by atoms with van der Waals surface area (Å²) in [5.74, 6) is 3.47. The fraction of sp³-hybridized carbons (Fsp3) is 0.429.